The molecular weight excluding hydrogens is 280 g/mol. The van der Waals surface area contributed by atoms with E-state index in [4.69, 9.17) is 23.2 Å². The van der Waals surface area contributed by atoms with E-state index in [2.05, 4.69) is 5.32 Å². The van der Waals surface area contributed by atoms with Gasteiger partial charge in [0.15, 0.2) is 0 Å². The molecule has 1 fully saturated rings. The lowest BCUT2D eigenvalue weighted by Gasteiger charge is -2.28. The van der Waals surface area contributed by atoms with Gasteiger partial charge in [-0.2, -0.15) is 0 Å². The normalized spacial score (nSPS) is 23.5. The first-order chi connectivity index (χ1) is 7.68. The molecule has 0 bridgehead atoms. The van der Waals surface area contributed by atoms with Crippen molar-refractivity contribution in [1.29, 1.82) is 0 Å². The summed E-state index contributed by atoms with van der Waals surface area (Å²) in [6, 6.07) is 5.76. The van der Waals surface area contributed by atoms with Gasteiger partial charge in [-0.05, 0) is 37.1 Å². The molecule has 0 saturated carbocycles. The molecule has 1 aliphatic rings. The quantitative estimate of drug-likeness (QED) is 0.898. The fourth-order valence-electron chi connectivity index (χ4n) is 2.39. The summed E-state index contributed by atoms with van der Waals surface area (Å²) in [5.41, 5.74) is 1.18. The molecule has 1 aromatic rings. The zero-order valence-electron chi connectivity index (χ0n) is 9.38. The molecule has 2 rings (SSSR count). The summed E-state index contributed by atoms with van der Waals surface area (Å²) < 4.78 is 0. The number of halogens is 3. The van der Waals surface area contributed by atoms with Gasteiger partial charge >= 0.3 is 0 Å². The topological polar surface area (TPSA) is 32.3 Å². The molecule has 5 heteroatoms. The second kappa shape index (κ2) is 6.26. The van der Waals surface area contributed by atoms with Gasteiger partial charge in [0, 0.05) is 18.6 Å². The summed E-state index contributed by atoms with van der Waals surface area (Å²) in [5, 5.41) is 13.7. The van der Waals surface area contributed by atoms with E-state index in [1.54, 1.807) is 0 Å². The van der Waals surface area contributed by atoms with Gasteiger partial charge in [0.05, 0.1) is 10.0 Å². The van der Waals surface area contributed by atoms with E-state index >= 15 is 0 Å². The molecule has 0 amide bonds. The number of nitrogens with one attached hydrogen (secondary N) is 1. The Hall–Kier alpha value is 0.01000. The summed E-state index contributed by atoms with van der Waals surface area (Å²) in [6.45, 7) is 2.08. The highest BCUT2D eigenvalue weighted by Crippen LogP contribution is 2.36. The first kappa shape index (κ1) is 15.1. The Labute approximate surface area is 118 Å². The van der Waals surface area contributed by atoms with E-state index in [0.717, 1.165) is 25.9 Å². The SMILES string of the molecule is Cl.OCC[C@@]1(c2ccc(Cl)c(Cl)c2)CCNC1. The lowest BCUT2D eigenvalue weighted by Crippen LogP contribution is -2.30. The van der Waals surface area contributed by atoms with Crippen LogP contribution in [-0.2, 0) is 5.41 Å². The zero-order valence-corrected chi connectivity index (χ0v) is 11.7. The standard InChI is InChI=1S/C12H15Cl2NO.ClH/c13-10-2-1-9(7-11(10)14)12(4-6-16)3-5-15-8-12;/h1-2,7,15-16H,3-6,8H2;1H/t12-;/m0./s1. The van der Waals surface area contributed by atoms with Crippen LogP contribution >= 0.6 is 35.6 Å². The van der Waals surface area contributed by atoms with Crippen LogP contribution in [-0.4, -0.2) is 24.8 Å². The maximum Gasteiger partial charge on any atom is 0.0595 e. The Bertz CT molecular complexity index is 378. The first-order valence-electron chi connectivity index (χ1n) is 5.45. The van der Waals surface area contributed by atoms with E-state index in [9.17, 15) is 5.11 Å². The van der Waals surface area contributed by atoms with Crippen LogP contribution in [0.2, 0.25) is 10.0 Å². The van der Waals surface area contributed by atoms with Crippen molar-refractivity contribution in [1.82, 2.24) is 5.32 Å². The van der Waals surface area contributed by atoms with Gasteiger partial charge in [0.2, 0.25) is 0 Å². The molecule has 1 saturated heterocycles. The zero-order chi connectivity index (χ0) is 11.6. The van der Waals surface area contributed by atoms with E-state index < -0.39 is 0 Å². The maximum atomic E-state index is 9.19. The highest BCUT2D eigenvalue weighted by atomic mass is 35.5. The van der Waals surface area contributed by atoms with Crippen LogP contribution in [0.25, 0.3) is 0 Å². The second-order valence-corrected chi connectivity index (χ2v) is 5.12. The molecule has 2 nitrogen and oxygen atoms in total. The van der Waals surface area contributed by atoms with E-state index in [1.807, 2.05) is 18.2 Å². The van der Waals surface area contributed by atoms with Crippen molar-refractivity contribution >= 4 is 35.6 Å². The third kappa shape index (κ3) is 3.07. The van der Waals surface area contributed by atoms with E-state index in [0.29, 0.717) is 10.0 Å². The van der Waals surface area contributed by atoms with Crippen LogP contribution in [0.5, 0.6) is 0 Å². The molecule has 0 unspecified atom stereocenters. The third-order valence-electron chi connectivity index (χ3n) is 3.37. The van der Waals surface area contributed by atoms with Crippen molar-refractivity contribution in [3.8, 4) is 0 Å². The van der Waals surface area contributed by atoms with Crippen molar-refractivity contribution in [2.75, 3.05) is 19.7 Å². The minimum absolute atomic E-state index is 0. The van der Waals surface area contributed by atoms with Crippen LogP contribution in [0.3, 0.4) is 0 Å². The molecule has 1 aromatic carbocycles. The average molecular weight is 297 g/mol. The number of aliphatic hydroxyl groups is 1. The minimum Gasteiger partial charge on any atom is -0.396 e. The molecule has 96 valence electrons. The summed E-state index contributed by atoms with van der Waals surface area (Å²) in [7, 11) is 0. The predicted molar refractivity (Wildman–Crippen MR) is 74.6 cm³/mol. The summed E-state index contributed by atoms with van der Waals surface area (Å²) in [6.07, 6.45) is 1.80. The highest BCUT2D eigenvalue weighted by Gasteiger charge is 2.35. The van der Waals surface area contributed by atoms with E-state index in [-0.39, 0.29) is 24.4 Å². The van der Waals surface area contributed by atoms with Crippen molar-refractivity contribution < 1.29 is 5.11 Å². The first-order valence-corrected chi connectivity index (χ1v) is 6.21. The summed E-state index contributed by atoms with van der Waals surface area (Å²) >= 11 is 12.0. The molecule has 0 aliphatic carbocycles. The molecule has 0 radical (unpaired) electrons. The summed E-state index contributed by atoms with van der Waals surface area (Å²) in [5.74, 6) is 0. The lowest BCUT2D eigenvalue weighted by atomic mass is 9.77. The number of benzene rings is 1. The summed E-state index contributed by atoms with van der Waals surface area (Å²) in [4.78, 5) is 0. The Morgan fingerprint density at radius 2 is 2.06 bits per heavy atom. The minimum atomic E-state index is 0. The Morgan fingerprint density at radius 3 is 2.59 bits per heavy atom. The largest absolute Gasteiger partial charge is 0.396 e. The van der Waals surface area contributed by atoms with Crippen molar-refractivity contribution in [3.63, 3.8) is 0 Å². The van der Waals surface area contributed by atoms with Crippen molar-refractivity contribution in [2.45, 2.75) is 18.3 Å². The third-order valence-corrected chi connectivity index (χ3v) is 4.11. The lowest BCUT2D eigenvalue weighted by molar-refractivity contribution is 0.244. The molecule has 1 heterocycles. The Kier molecular flexibility index (Phi) is 5.55. The molecule has 1 atom stereocenters. The highest BCUT2D eigenvalue weighted by molar-refractivity contribution is 6.42. The van der Waals surface area contributed by atoms with Gasteiger partial charge in [-0.25, -0.2) is 0 Å². The molecule has 17 heavy (non-hydrogen) atoms. The molecular formula is C12H16Cl3NO. The monoisotopic (exact) mass is 295 g/mol. The number of hydrogen-bond donors (Lipinski definition) is 2. The fourth-order valence-corrected chi connectivity index (χ4v) is 2.69. The smallest absolute Gasteiger partial charge is 0.0595 e. The van der Waals surface area contributed by atoms with Crippen molar-refractivity contribution in [3.05, 3.63) is 33.8 Å². The number of rotatable bonds is 3. The fraction of sp³-hybridized carbons (Fsp3) is 0.500. The van der Waals surface area contributed by atoms with Gasteiger partial charge in [-0.3, -0.25) is 0 Å². The number of aliphatic hydroxyl groups excluding tert-OH is 1. The number of hydrogen-bond acceptors (Lipinski definition) is 2. The van der Waals surface area contributed by atoms with Gasteiger partial charge in [-0.15, -0.1) is 12.4 Å². The van der Waals surface area contributed by atoms with E-state index in [1.165, 1.54) is 5.56 Å². The Balaban J connectivity index is 0.00000144. The van der Waals surface area contributed by atoms with Gasteiger partial charge < -0.3 is 10.4 Å². The maximum absolute atomic E-state index is 9.19. The van der Waals surface area contributed by atoms with Crippen molar-refractivity contribution in [2.24, 2.45) is 0 Å². The molecule has 2 N–H and O–H groups in total. The average Bonchev–Trinajstić information content (AvgIpc) is 2.72. The van der Waals surface area contributed by atoms with Gasteiger partial charge in [0.25, 0.3) is 0 Å². The second-order valence-electron chi connectivity index (χ2n) is 4.31. The predicted octanol–water partition coefficient (Wildman–Crippen LogP) is 3.03. The van der Waals surface area contributed by atoms with Crippen LogP contribution in [0.15, 0.2) is 18.2 Å². The Morgan fingerprint density at radius 1 is 1.29 bits per heavy atom. The van der Waals surface area contributed by atoms with Gasteiger partial charge in [0.1, 0.15) is 0 Å². The van der Waals surface area contributed by atoms with Crippen LogP contribution < -0.4 is 5.32 Å². The molecule has 0 aromatic heterocycles. The molecule has 0 spiro atoms. The van der Waals surface area contributed by atoms with Crippen LogP contribution in [0.1, 0.15) is 18.4 Å². The van der Waals surface area contributed by atoms with Gasteiger partial charge in [-0.1, -0.05) is 29.3 Å². The van der Waals surface area contributed by atoms with Crippen LogP contribution in [0.4, 0.5) is 0 Å². The molecule has 1 aliphatic heterocycles. The van der Waals surface area contributed by atoms with Crippen LogP contribution in [0, 0.1) is 0 Å².